The summed E-state index contributed by atoms with van der Waals surface area (Å²) in [5.74, 6) is 0.227. The molecule has 0 heterocycles. The Morgan fingerprint density at radius 2 is 1.95 bits per heavy atom. The van der Waals surface area contributed by atoms with Gasteiger partial charge in [0.05, 0.1) is 5.92 Å². The fraction of sp³-hybridized carbons (Fsp3) is 0.765. The lowest BCUT2D eigenvalue weighted by atomic mass is 9.66. The summed E-state index contributed by atoms with van der Waals surface area (Å²) in [6.07, 6.45) is 7.95. The summed E-state index contributed by atoms with van der Waals surface area (Å²) >= 11 is 0. The first-order chi connectivity index (χ1) is 9.28. The molecule has 3 nitrogen and oxygen atoms in total. The molecule has 2 aliphatic rings. The minimum Gasteiger partial charge on any atom is -0.457 e. The first-order valence-electron chi connectivity index (χ1n) is 7.65. The lowest BCUT2D eigenvalue weighted by molar-refractivity contribution is -0.156. The van der Waals surface area contributed by atoms with Gasteiger partial charge < -0.3 is 4.74 Å². The molecule has 1 saturated carbocycles. The van der Waals surface area contributed by atoms with Crippen molar-refractivity contribution in [2.24, 2.45) is 22.7 Å². The van der Waals surface area contributed by atoms with E-state index in [1.807, 2.05) is 6.92 Å². The fourth-order valence-electron chi connectivity index (χ4n) is 3.41. The maximum atomic E-state index is 12.5. The van der Waals surface area contributed by atoms with Gasteiger partial charge in [0.25, 0.3) is 0 Å². The molecule has 2 rings (SSSR count). The van der Waals surface area contributed by atoms with Crippen LogP contribution in [0, 0.1) is 22.7 Å². The Kier molecular flexibility index (Phi) is 4.08. The average Bonchev–Trinajstić information content (AvgIpc) is 2.91. The van der Waals surface area contributed by atoms with Crippen molar-refractivity contribution in [1.29, 1.82) is 0 Å². The normalized spacial score (nSPS) is 35.2. The van der Waals surface area contributed by atoms with Crippen LogP contribution in [0.5, 0.6) is 0 Å². The van der Waals surface area contributed by atoms with Crippen LogP contribution in [0.1, 0.15) is 53.4 Å². The molecule has 2 aliphatic carbocycles. The van der Waals surface area contributed by atoms with E-state index >= 15 is 0 Å². The number of allylic oxidation sites excluding steroid dienone is 2. The number of hydrogen-bond donors (Lipinski definition) is 0. The third-order valence-corrected chi connectivity index (χ3v) is 5.61. The van der Waals surface area contributed by atoms with Gasteiger partial charge >= 0.3 is 5.97 Å². The lowest BCUT2D eigenvalue weighted by Gasteiger charge is -2.36. The molecule has 20 heavy (non-hydrogen) atoms. The van der Waals surface area contributed by atoms with Gasteiger partial charge in [-0.1, -0.05) is 46.3 Å². The molecule has 3 heteroatoms. The van der Waals surface area contributed by atoms with Crippen LogP contribution in [-0.4, -0.2) is 18.4 Å². The number of rotatable bonds is 4. The molecule has 0 bridgehead atoms. The number of hydrogen-bond acceptors (Lipinski definition) is 3. The summed E-state index contributed by atoms with van der Waals surface area (Å²) < 4.78 is 5.31. The van der Waals surface area contributed by atoms with E-state index in [2.05, 4.69) is 32.9 Å². The highest BCUT2D eigenvalue weighted by molar-refractivity contribution is 5.89. The summed E-state index contributed by atoms with van der Waals surface area (Å²) in [5.41, 5.74) is -0.619. The van der Waals surface area contributed by atoms with E-state index in [1.165, 1.54) is 0 Å². The Bertz CT molecular complexity index is 436. The van der Waals surface area contributed by atoms with Gasteiger partial charge in [-0.25, -0.2) is 0 Å². The van der Waals surface area contributed by atoms with Crippen LogP contribution in [0.2, 0.25) is 0 Å². The number of Topliss-reactive ketones (excluding diaryl/α,β-unsaturated/α-hetero) is 1. The standard InChI is InChI=1S/C17H26O3/c1-12-7-5-8-13(12)15(19)20-11-14(18)17(4)10-6-9-16(17,2)3/h6,9,12-13H,5,7-8,10-11H2,1-4H3/t12-,13?,17+/m0/s1. The molecule has 0 aliphatic heterocycles. The predicted octanol–water partition coefficient (Wildman–Crippen LogP) is 3.53. The van der Waals surface area contributed by atoms with Crippen LogP contribution in [-0.2, 0) is 14.3 Å². The number of carbonyl (C=O) groups excluding carboxylic acids is 2. The number of ketones is 1. The highest BCUT2D eigenvalue weighted by Gasteiger charge is 2.47. The molecule has 0 amide bonds. The molecule has 1 fully saturated rings. The van der Waals surface area contributed by atoms with E-state index in [1.54, 1.807) is 0 Å². The largest absolute Gasteiger partial charge is 0.457 e. The summed E-state index contributed by atoms with van der Waals surface area (Å²) in [7, 11) is 0. The van der Waals surface area contributed by atoms with Gasteiger partial charge in [0.2, 0.25) is 0 Å². The minimum atomic E-state index is -0.450. The van der Waals surface area contributed by atoms with Crippen LogP contribution >= 0.6 is 0 Å². The summed E-state index contributed by atoms with van der Waals surface area (Å²) in [4.78, 5) is 24.5. The van der Waals surface area contributed by atoms with Crippen molar-refractivity contribution >= 4 is 11.8 Å². The molecule has 0 aromatic heterocycles. The fourth-order valence-corrected chi connectivity index (χ4v) is 3.41. The van der Waals surface area contributed by atoms with Gasteiger partial charge in [-0.05, 0) is 30.6 Å². The van der Waals surface area contributed by atoms with Gasteiger partial charge in [0, 0.05) is 5.41 Å². The van der Waals surface area contributed by atoms with Crippen molar-refractivity contribution in [3.8, 4) is 0 Å². The Labute approximate surface area is 121 Å². The molecule has 0 N–H and O–H groups in total. The Balaban J connectivity index is 1.91. The molecule has 0 aromatic rings. The molecule has 0 spiro atoms. The Morgan fingerprint density at radius 1 is 1.25 bits per heavy atom. The van der Waals surface area contributed by atoms with E-state index in [4.69, 9.17) is 4.74 Å². The smallest absolute Gasteiger partial charge is 0.309 e. The van der Waals surface area contributed by atoms with Gasteiger partial charge in [-0.15, -0.1) is 0 Å². The Hall–Kier alpha value is -1.12. The zero-order valence-corrected chi connectivity index (χ0v) is 13.1. The second-order valence-corrected chi connectivity index (χ2v) is 7.21. The molecular weight excluding hydrogens is 252 g/mol. The number of ether oxygens (including phenoxy) is 1. The highest BCUT2D eigenvalue weighted by atomic mass is 16.5. The van der Waals surface area contributed by atoms with Gasteiger partial charge in [0.1, 0.15) is 0 Å². The minimum absolute atomic E-state index is 0.00896. The molecular formula is C17H26O3. The van der Waals surface area contributed by atoms with Crippen LogP contribution < -0.4 is 0 Å². The second-order valence-electron chi connectivity index (χ2n) is 7.21. The van der Waals surface area contributed by atoms with Crippen molar-refractivity contribution in [2.75, 3.05) is 6.61 Å². The quantitative estimate of drug-likeness (QED) is 0.583. The van der Waals surface area contributed by atoms with E-state index in [9.17, 15) is 9.59 Å². The molecule has 112 valence electrons. The monoisotopic (exact) mass is 278 g/mol. The molecule has 0 saturated heterocycles. The van der Waals surface area contributed by atoms with Crippen molar-refractivity contribution < 1.29 is 14.3 Å². The van der Waals surface area contributed by atoms with Crippen molar-refractivity contribution in [1.82, 2.24) is 0 Å². The van der Waals surface area contributed by atoms with Gasteiger partial charge in [0.15, 0.2) is 12.4 Å². The third kappa shape index (κ3) is 2.55. The summed E-state index contributed by atoms with van der Waals surface area (Å²) in [5, 5.41) is 0. The molecule has 1 unspecified atom stereocenters. The van der Waals surface area contributed by atoms with E-state index in [-0.39, 0.29) is 29.7 Å². The van der Waals surface area contributed by atoms with E-state index in [0.29, 0.717) is 5.92 Å². The van der Waals surface area contributed by atoms with Crippen LogP contribution in [0.4, 0.5) is 0 Å². The zero-order chi connectivity index (χ0) is 15.0. The average molecular weight is 278 g/mol. The third-order valence-electron chi connectivity index (χ3n) is 5.61. The van der Waals surface area contributed by atoms with Crippen LogP contribution in [0.3, 0.4) is 0 Å². The number of carbonyl (C=O) groups is 2. The number of esters is 1. The lowest BCUT2D eigenvalue weighted by Crippen LogP contribution is -2.41. The Morgan fingerprint density at radius 3 is 2.45 bits per heavy atom. The first-order valence-corrected chi connectivity index (χ1v) is 7.65. The predicted molar refractivity (Wildman–Crippen MR) is 78.1 cm³/mol. The summed E-state index contributed by atoms with van der Waals surface area (Å²) in [6, 6.07) is 0. The first kappa shape index (κ1) is 15.3. The van der Waals surface area contributed by atoms with Crippen molar-refractivity contribution in [3.63, 3.8) is 0 Å². The maximum Gasteiger partial charge on any atom is 0.309 e. The highest BCUT2D eigenvalue weighted by Crippen LogP contribution is 2.48. The summed E-state index contributed by atoms with van der Waals surface area (Å²) in [6.45, 7) is 8.11. The van der Waals surface area contributed by atoms with Crippen molar-refractivity contribution in [3.05, 3.63) is 12.2 Å². The van der Waals surface area contributed by atoms with Crippen LogP contribution in [0.25, 0.3) is 0 Å². The molecule has 0 radical (unpaired) electrons. The topological polar surface area (TPSA) is 43.4 Å². The van der Waals surface area contributed by atoms with Gasteiger partial charge in [-0.3, -0.25) is 9.59 Å². The van der Waals surface area contributed by atoms with Crippen molar-refractivity contribution in [2.45, 2.75) is 53.4 Å². The second kappa shape index (κ2) is 5.34. The maximum absolute atomic E-state index is 12.5. The van der Waals surface area contributed by atoms with E-state index in [0.717, 1.165) is 25.7 Å². The molecule has 0 aromatic carbocycles. The molecule has 3 atom stereocenters. The SMILES string of the molecule is C[C@H]1CCCC1C(=O)OCC(=O)[C@@]1(C)CC=CC1(C)C. The van der Waals surface area contributed by atoms with Gasteiger partial charge in [-0.2, -0.15) is 0 Å². The van der Waals surface area contributed by atoms with E-state index < -0.39 is 5.41 Å². The van der Waals surface area contributed by atoms with Crippen LogP contribution in [0.15, 0.2) is 12.2 Å². The zero-order valence-electron chi connectivity index (χ0n) is 13.1.